The molecule has 1 aromatic rings. The summed E-state index contributed by atoms with van der Waals surface area (Å²) in [6, 6.07) is 3.52. The molecule has 0 radical (unpaired) electrons. The Bertz CT molecular complexity index is 516. The van der Waals surface area contributed by atoms with Crippen LogP contribution in [0.15, 0.2) is 18.2 Å². The first-order chi connectivity index (χ1) is 8.63. The highest BCUT2D eigenvalue weighted by molar-refractivity contribution is 14.1. The first-order valence-electron chi connectivity index (χ1n) is 5.25. The fourth-order valence-corrected chi connectivity index (χ4v) is 1.73. The van der Waals surface area contributed by atoms with E-state index in [0.717, 1.165) is 9.18 Å². The van der Waals surface area contributed by atoms with Gasteiger partial charge in [0, 0.05) is 0 Å². The molecule has 0 heterocycles. The summed E-state index contributed by atoms with van der Waals surface area (Å²) in [5.41, 5.74) is -1.68. The van der Waals surface area contributed by atoms with Crippen LogP contribution >= 0.6 is 22.9 Å². The zero-order chi connectivity index (χ0) is 14.8. The minimum Gasteiger partial charge on any atom is -0.443 e. The number of para-hydroxylation sites is 1. The lowest BCUT2D eigenvalue weighted by molar-refractivity contribution is -0.386. The molecule has 6 nitrogen and oxygen atoms in total. The first kappa shape index (κ1) is 15.6. The van der Waals surface area contributed by atoms with Crippen molar-refractivity contribution in [2.45, 2.75) is 26.4 Å². The van der Waals surface area contributed by atoms with Gasteiger partial charge in [0.2, 0.25) is 5.82 Å². The van der Waals surface area contributed by atoms with Crippen molar-refractivity contribution in [2.24, 2.45) is 0 Å². The molecule has 0 saturated carbocycles. The van der Waals surface area contributed by atoms with E-state index in [9.17, 15) is 19.3 Å². The lowest BCUT2D eigenvalue weighted by Crippen LogP contribution is -2.31. The van der Waals surface area contributed by atoms with E-state index in [1.807, 2.05) is 0 Å². The van der Waals surface area contributed by atoms with Crippen LogP contribution in [0.4, 0.5) is 20.6 Å². The highest BCUT2D eigenvalue weighted by Gasteiger charge is 2.29. The molecule has 0 N–H and O–H groups in total. The number of nitro benzene ring substituents is 1. The number of nitro groups is 1. The van der Waals surface area contributed by atoms with Gasteiger partial charge in [-0.05, 0) is 32.9 Å². The van der Waals surface area contributed by atoms with Gasteiger partial charge in [0.15, 0.2) is 0 Å². The zero-order valence-corrected chi connectivity index (χ0v) is 12.7. The molecule has 19 heavy (non-hydrogen) atoms. The van der Waals surface area contributed by atoms with Crippen molar-refractivity contribution in [3.05, 3.63) is 34.1 Å². The summed E-state index contributed by atoms with van der Waals surface area (Å²) >= 11 is 1.54. The molecule has 8 heteroatoms. The molecule has 0 saturated heterocycles. The summed E-state index contributed by atoms with van der Waals surface area (Å²) in [6.45, 7) is 4.99. The quantitative estimate of drug-likeness (QED) is 0.337. The average Bonchev–Trinajstić information content (AvgIpc) is 2.24. The second-order valence-electron chi connectivity index (χ2n) is 4.63. The van der Waals surface area contributed by atoms with E-state index in [0.29, 0.717) is 0 Å². The molecule has 0 bridgehead atoms. The second-order valence-corrected chi connectivity index (χ2v) is 5.59. The van der Waals surface area contributed by atoms with Crippen LogP contribution in [0.5, 0.6) is 0 Å². The van der Waals surface area contributed by atoms with Crippen LogP contribution in [0.2, 0.25) is 0 Å². The van der Waals surface area contributed by atoms with Gasteiger partial charge in [0.25, 0.3) is 0 Å². The Hall–Kier alpha value is -1.45. The molecule has 0 spiro atoms. The summed E-state index contributed by atoms with van der Waals surface area (Å²) in [5, 5.41) is 10.8. The minimum absolute atomic E-state index is 0.167. The normalized spacial score (nSPS) is 11.0. The van der Waals surface area contributed by atoms with Crippen LogP contribution in [0.3, 0.4) is 0 Å². The number of carbonyl (C=O) groups excluding carboxylic acids is 1. The third-order valence-electron chi connectivity index (χ3n) is 1.91. The van der Waals surface area contributed by atoms with E-state index in [-0.39, 0.29) is 5.69 Å². The van der Waals surface area contributed by atoms with Crippen molar-refractivity contribution in [2.75, 3.05) is 3.11 Å². The van der Waals surface area contributed by atoms with Crippen LogP contribution in [0.1, 0.15) is 20.8 Å². The number of carbonyl (C=O) groups is 1. The molecule has 0 aliphatic heterocycles. The topological polar surface area (TPSA) is 72.7 Å². The Kier molecular flexibility index (Phi) is 4.66. The molecule has 104 valence electrons. The average molecular weight is 382 g/mol. The lowest BCUT2D eigenvalue weighted by atomic mass is 10.2. The fraction of sp³-hybridized carbons (Fsp3) is 0.364. The Balaban J connectivity index is 3.13. The van der Waals surface area contributed by atoms with Gasteiger partial charge < -0.3 is 4.74 Å². The molecule has 1 rings (SSSR count). The third kappa shape index (κ3) is 4.01. The second kappa shape index (κ2) is 5.68. The number of halogens is 2. The lowest BCUT2D eigenvalue weighted by Gasteiger charge is -2.23. The van der Waals surface area contributed by atoms with E-state index in [2.05, 4.69) is 0 Å². The molecule has 0 fully saturated rings. The van der Waals surface area contributed by atoms with Gasteiger partial charge in [-0.1, -0.05) is 6.07 Å². The van der Waals surface area contributed by atoms with Gasteiger partial charge in [-0.2, -0.15) is 4.39 Å². The van der Waals surface area contributed by atoms with Gasteiger partial charge in [0.05, 0.1) is 27.8 Å². The summed E-state index contributed by atoms with van der Waals surface area (Å²) in [5.74, 6) is -1.01. The highest BCUT2D eigenvalue weighted by Crippen LogP contribution is 2.33. The predicted octanol–water partition coefficient (Wildman–Crippen LogP) is 3.83. The van der Waals surface area contributed by atoms with Gasteiger partial charge >= 0.3 is 11.8 Å². The third-order valence-corrected chi connectivity index (χ3v) is 2.83. The number of rotatable bonds is 2. The predicted molar refractivity (Wildman–Crippen MR) is 75.8 cm³/mol. The summed E-state index contributed by atoms with van der Waals surface area (Å²) in [6.07, 6.45) is -0.804. The molecule has 0 aromatic heterocycles. The molecular formula is C11H12FIN2O4. The highest BCUT2D eigenvalue weighted by atomic mass is 127. The molecule has 0 aliphatic carbocycles. The van der Waals surface area contributed by atoms with Crippen LogP contribution in [0, 0.1) is 15.9 Å². The van der Waals surface area contributed by atoms with Crippen molar-refractivity contribution in [1.29, 1.82) is 0 Å². The van der Waals surface area contributed by atoms with Crippen molar-refractivity contribution in [3.8, 4) is 0 Å². The Morgan fingerprint density at radius 3 is 2.53 bits per heavy atom. The number of nitrogens with zero attached hydrogens (tertiary/aromatic N) is 2. The van der Waals surface area contributed by atoms with Crippen LogP contribution < -0.4 is 3.11 Å². The van der Waals surface area contributed by atoms with Crippen molar-refractivity contribution >= 4 is 40.3 Å². The summed E-state index contributed by atoms with van der Waals surface area (Å²) in [7, 11) is 0. The van der Waals surface area contributed by atoms with Crippen molar-refractivity contribution in [1.82, 2.24) is 0 Å². The van der Waals surface area contributed by atoms with Crippen LogP contribution in [0.25, 0.3) is 0 Å². The minimum atomic E-state index is -1.01. The number of benzene rings is 1. The number of hydrogen-bond donors (Lipinski definition) is 0. The largest absolute Gasteiger partial charge is 0.443 e. The first-order valence-corrected chi connectivity index (χ1v) is 6.22. The van der Waals surface area contributed by atoms with Gasteiger partial charge in [0.1, 0.15) is 11.3 Å². The number of anilines is 1. The van der Waals surface area contributed by atoms with Crippen molar-refractivity contribution < 1.29 is 18.8 Å². The molecule has 1 aromatic carbocycles. The molecule has 0 aliphatic rings. The zero-order valence-electron chi connectivity index (χ0n) is 10.5. The Labute approximate surface area is 123 Å². The maximum Gasteiger partial charge on any atom is 0.424 e. The van der Waals surface area contributed by atoms with Crippen LogP contribution in [-0.4, -0.2) is 16.6 Å². The maximum absolute atomic E-state index is 13.4. The Morgan fingerprint density at radius 1 is 1.47 bits per heavy atom. The molecule has 0 atom stereocenters. The summed E-state index contributed by atoms with van der Waals surface area (Å²) < 4.78 is 19.4. The molecule has 1 amide bonds. The van der Waals surface area contributed by atoms with Crippen molar-refractivity contribution in [3.63, 3.8) is 0 Å². The monoisotopic (exact) mass is 382 g/mol. The maximum atomic E-state index is 13.4. The van der Waals surface area contributed by atoms with E-state index in [4.69, 9.17) is 4.74 Å². The Morgan fingerprint density at radius 2 is 2.05 bits per heavy atom. The number of ether oxygens (including phenoxy) is 1. The summed E-state index contributed by atoms with van der Waals surface area (Å²) in [4.78, 5) is 21.8. The molecule has 0 unspecified atom stereocenters. The van der Waals surface area contributed by atoms with E-state index in [1.165, 1.54) is 35.0 Å². The van der Waals surface area contributed by atoms with E-state index >= 15 is 0 Å². The van der Waals surface area contributed by atoms with Gasteiger partial charge in [-0.15, -0.1) is 0 Å². The fourth-order valence-electron chi connectivity index (χ4n) is 1.24. The number of amides is 1. The molecular weight excluding hydrogens is 370 g/mol. The van der Waals surface area contributed by atoms with E-state index < -0.39 is 28.1 Å². The van der Waals surface area contributed by atoms with Crippen LogP contribution in [-0.2, 0) is 4.74 Å². The van der Waals surface area contributed by atoms with Gasteiger partial charge in [-0.3, -0.25) is 10.1 Å². The number of hydrogen-bond acceptors (Lipinski definition) is 4. The SMILES string of the molecule is CC(C)(C)OC(=O)N(I)c1cccc(F)c1[N+](=O)[O-]. The van der Waals surface area contributed by atoms with Gasteiger partial charge in [-0.25, -0.2) is 7.91 Å². The smallest absolute Gasteiger partial charge is 0.424 e. The standard InChI is InChI=1S/C11H12FIN2O4/c1-11(2,3)19-10(16)14(13)8-6-4-5-7(12)9(8)15(17)18/h4-6H,1-3H3. The van der Waals surface area contributed by atoms with E-state index in [1.54, 1.807) is 20.8 Å².